The summed E-state index contributed by atoms with van der Waals surface area (Å²) in [7, 11) is 0. The number of carbonyl (C=O) groups is 1. The molecule has 2 N–H and O–H groups in total. The van der Waals surface area contributed by atoms with E-state index < -0.39 is 17.5 Å². The zero-order valence-corrected chi connectivity index (χ0v) is 12.9. The van der Waals surface area contributed by atoms with Gasteiger partial charge in [-0.25, -0.2) is 13.5 Å². The molecule has 6 nitrogen and oxygen atoms in total. The van der Waals surface area contributed by atoms with E-state index in [1.807, 2.05) is 0 Å². The first kappa shape index (κ1) is 17.3. The fourth-order valence-corrected chi connectivity index (χ4v) is 2.42. The Morgan fingerprint density at radius 2 is 2.04 bits per heavy atom. The van der Waals surface area contributed by atoms with Crippen LogP contribution in [0, 0.1) is 11.6 Å². The molecule has 1 amide bonds. The normalized spacial score (nSPS) is 15.0. The highest BCUT2D eigenvalue weighted by Crippen LogP contribution is 2.19. The lowest BCUT2D eigenvalue weighted by molar-refractivity contribution is 0.102. The van der Waals surface area contributed by atoms with Crippen LogP contribution in [0.1, 0.15) is 29.4 Å². The van der Waals surface area contributed by atoms with E-state index in [-0.39, 0.29) is 29.8 Å². The maximum atomic E-state index is 13.5. The number of aromatic nitrogens is 3. The Balaban J connectivity index is 0.00000192. The van der Waals surface area contributed by atoms with Gasteiger partial charge in [-0.3, -0.25) is 4.79 Å². The molecule has 9 heteroatoms. The van der Waals surface area contributed by atoms with Crippen molar-refractivity contribution in [3.8, 4) is 0 Å². The molecule has 124 valence electrons. The largest absolute Gasteiger partial charge is 0.318 e. The van der Waals surface area contributed by atoms with E-state index in [0.29, 0.717) is 0 Å². The SMILES string of the molecule is Cl.O=C(Nc1cccc(F)c1F)c1cn(C2CCNCC2)nn1. The number of nitrogens with zero attached hydrogens (tertiary/aromatic N) is 3. The molecule has 1 aromatic carbocycles. The molecule has 0 aliphatic carbocycles. The summed E-state index contributed by atoms with van der Waals surface area (Å²) in [5, 5.41) is 13.3. The molecule has 1 aliphatic rings. The van der Waals surface area contributed by atoms with Crippen LogP contribution in [0.15, 0.2) is 24.4 Å². The van der Waals surface area contributed by atoms with Gasteiger partial charge >= 0.3 is 0 Å². The van der Waals surface area contributed by atoms with Gasteiger partial charge in [-0.05, 0) is 38.1 Å². The molecule has 1 saturated heterocycles. The Kier molecular flexibility index (Phi) is 5.62. The first-order valence-corrected chi connectivity index (χ1v) is 7.03. The van der Waals surface area contributed by atoms with Gasteiger partial charge in [0.05, 0.1) is 17.9 Å². The lowest BCUT2D eigenvalue weighted by Crippen LogP contribution is -2.29. The Morgan fingerprint density at radius 3 is 2.78 bits per heavy atom. The Bertz CT molecular complexity index is 688. The molecule has 1 aromatic heterocycles. The van der Waals surface area contributed by atoms with Crippen molar-refractivity contribution in [1.29, 1.82) is 0 Å². The maximum Gasteiger partial charge on any atom is 0.277 e. The number of carbonyl (C=O) groups excluding carboxylic acids is 1. The zero-order chi connectivity index (χ0) is 15.5. The van der Waals surface area contributed by atoms with Gasteiger partial charge in [0.2, 0.25) is 0 Å². The van der Waals surface area contributed by atoms with Crippen molar-refractivity contribution < 1.29 is 13.6 Å². The molecule has 2 aromatic rings. The van der Waals surface area contributed by atoms with Gasteiger partial charge in [0.25, 0.3) is 5.91 Å². The molecule has 0 bridgehead atoms. The second-order valence-electron chi connectivity index (χ2n) is 5.12. The summed E-state index contributed by atoms with van der Waals surface area (Å²) in [4.78, 5) is 12.0. The Hall–Kier alpha value is -2.06. The molecule has 0 saturated carbocycles. The van der Waals surface area contributed by atoms with Crippen molar-refractivity contribution in [3.63, 3.8) is 0 Å². The van der Waals surface area contributed by atoms with Crippen LogP contribution in [-0.4, -0.2) is 34.0 Å². The summed E-state index contributed by atoms with van der Waals surface area (Å²) in [6.07, 6.45) is 3.34. The smallest absolute Gasteiger partial charge is 0.277 e. The number of rotatable bonds is 3. The van der Waals surface area contributed by atoms with E-state index in [1.54, 1.807) is 4.68 Å². The highest BCUT2D eigenvalue weighted by molar-refractivity contribution is 6.02. The number of amides is 1. The maximum absolute atomic E-state index is 13.5. The predicted octanol–water partition coefficient (Wildman–Crippen LogP) is 2.15. The number of benzene rings is 1. The van der Waals surface area contributed by atoms with E-state index in [4.69, 9.17) is 0 Å². The van der Waals surface area contributed by atoms with Gasteiger partial charge in [0.1, 0.15) is 0 Å². The highest BCUT2D eigenvalue weighted by Gasteiger charge is 2.19. The Labute approximate surface area is 137 Å². The van der Waals surface area contributed by atoms with Crippen molar-refractivity contribution in [2.75, 3.05) is 18.4 Å². The number of hydrogen-bond acceptors (Lipinski definition) is 4. The fraction of sp³-hybridized carbons (Fsp3) is 0.357. The zero-order valence-electron chi connectivity index (χ0n) is 12.1. The molecule has 0 atom stereocenters. The van der Waals surface area contributed by atoms with E-state index >= 15 is 0 Å². The monoisotopic (exact) mass is 343 g/mol. The molecule has 0 spiro atoms. The molecule has 0 radical (unpaired) electrons. The van der Waals surface area contributed by atoms with Crippen LogP contribution in [-0.2, 0) is 0 Å². The van der Waals surface area contributed by atoms with Gasteiger partial charge in [-0.2, -0.15) is 0 Å². The molecule has 1 fully saturated rings. The first-order chi connectivity index (χ1) is 10.6. The van der Waals surface area contributed by atoms with Crippen LogP contribution < -0.4 is 10.6 Å². The van der Waals surface area contributed by atoms with E-state index in [9.17, 15) is 13.6 Å². The van der Waals surface area contributed by atoms with Crippen molar-refractivity contribution in [2.45, 2.75) is 18.9 Å². The Morgan fingerprint density at radius 1 is 1.30 bits per heavy atom. The summed E-state index contributed by atoms with van der Waals surface area (Å²) in [5.41, 5.74) is -0.149. The topological polar surface area (TPSA) is 71.8 Å². The molecule has 0 unspecified atom stereocenters. The summed E-state index contributed by atoms with van der Waals surface area (Å²) < 4.78 is 28.3. The number of hydrogen-bond donors (Lipinski definition) is 2. The number of anilines is 1. The van der Waals surface area contributed by atoms with Gasteiger partial charge in [-0.1, -0.05) is 11.3 Å². The number of piperidine rings is 1. The minimum Gasteiger partial charge on any atom is -0.318 e. The lowest BCUT2D eigenvalue weighted by Gasteiger charge is -2.22. The molecule has 1 aliphatic heterocycles. The average molecular weight is 344 g/mol. The van der Waals surface area contributed by atoms with Crippen LogP contribution in [0.5, 0.6) is 0 Å². The van der Waals surface area contributed by atoms with E-state index in [0.717, 1.165) is 32.0 Å². The lowest BCUT2D eigenvalue weighted by atomic mass is 10.1. The van der Waals surface area contributed by atoms with Crippen LogP contribution in [0.25, 0.3) is 0 Å². The highest BCUT2D eigenvalue weighted by atomic mass is 35.5. The van der Waals surface area contributed by atoms with Gasteiger partial charge < -0.3 is 10.6 Å². The summed E-state index contributed by atoms with van der Waals surface area (Å²) >= 11 is 0. The minimum atomic E-state index is -1.10. The first-order valence-electron chi connectivity index (χ1n) is 7.03. The van der Waals surface area contributed by atoms with Crippen molar-refractivity contribution >= 4 is 24.0 Å². The third-order valence-corrected chi connectivity index (χ3v) is 3.63. The van der Waals surface area contributed by atoms with Gasteiger partial charge in [-0.15, -0.1) is 17.5 Å². The van der Waals surface area contributed by atoms with Gasteiger partial charge in [0, 0.05) is 0 Å². The number of nitrogens with one attached hydrogen (secondary N) is 2. The van der Waals surface area contributed by atoms with Crippen molar-refractivity contribution in [1.82, 2.24) is 20.3 Å². The third kappa shape index (κ3) is 3.83. The van der Waals surface area contributed by atoms with Crippen molar-refractivity contribution in [2.24, 2.45) is 0 Å². The summed E-state index contributed by atoms with van der Waals surface area (Å²) in [5.74, 6) is -2.73. The number of halogens is 3. The quantitative estimate of drug-likeness (QED) is 0.895. The molecule has 2 heterocycles. The summed E-state index contributed by atoms with van der Waals surface area (Å²) in [6.45, 7) is 1.78. The standard InChI is InChI=1S/C14H15F2N5O.ClH/c15-10-2-1-3-11(13(10)16)18-14(22)12-8-21(20-19-12)9-4-6-17-7-5-9;/h1-3,8-9,17H,4-7H2,(H,18,22);1H. The van der Waals surface area contributed by atoms with E-state index in [2.05, 4.69) is 20.9 Å². The van der Waals surface area contributed by atoms with Crippen LogP contribution in [0.2, 0.25) is 0 Å². The fourth-order valence-electron chi connectivity index (χ4n) is 2.42. The third-order valence-electron chi connectivity index (χ3n) is 3.63. The molecule has 23 heavy (non-hydrogen) atoms. The van der Waals surface area contributed by atoms with Crippen LogP contribution >= 0.6 is 12.4 Å². The van der Waals surface area contributed by atoms with E-state index in [1.165, 1.54) is 18.3 Å². The molecule has 3 rings (SSSR count). The average Bonchev–Trinajstić information content (AvgIpc) is 3.03. The second kappa shape index (κ2) is 7.47. The summed E-state index contributed by atoms with van der Waals surface area (Å²) in [6, 6.07) is 3.78. The van der Waals surface area contributed by atoms with Crippen LogP contribution in [0.4, 0.5) is 14.5 Å². The minimum absolute atomic E-state index is 0. The van der Waals surface area contributed by atoms with Crippen LogP contribution in [0.3, 0.4) is 0 Å². The molecular weight excluding hydrogens is 328 g/mol. The van der Waals surface area contributed by atoms with Crippen molar-refractivity contribution in [3.05, 3.63) is 41.7 Å². The second-order valence-corrected chi connectivity index (χ2v) is 5.12. The molecular formula is C14H16ClF2N5O. The van der Waals surface area contributed by atoms with Gasteiger partial charge in [0.15, 0.2) is 17.3 Å². The predicted molar refractivity (Wildman–Crippen MR) is 82.7 cm³/mol.